The fraction of sp³-hybridized carbons (Fsp3) is 0.500. The Labute approximate surface area is 102 Å². The zero-order valence-corrected chi connectivity index (χ0v) is 9.57. The van der Waals surface area contributed by atoms with Gasteiger partial charge in [0.2, 0.25) is 0 Å². The van der Waals surface area contributed by atoms with Gasteiger partial charge in [0.25, 0.3) is 0 Å². The highest BCUT2D eigenvalue weighted by atomic mass is 19.3. The highest BCUT2D eigenvalue weighted by Gasteiger charge is 2.45. The average Bonchev–Trinajstić information content (AvgIpc) is 2.24. The molecule has 6 heteroatoms. The summed E-state index contributed by atoms with van der Waals surface area (Å²) in [5.41, 5.74) is 5.38. The smallest absolute Gasteiger partial charge is 0.387 e. The van der Waals surface area contributed by atoms with Crippen molar-refractivity contribution in [2.75, 3.05) is 6.54 Å². The Bertz CT molecular complexity index is 433. The van der Waals surface area contributed by atoms with Crippen LogP contribution in [0.3, 0.4) is 0 Å². The summed E-state index contributed by atoms with van der Waals surface area (Å²) >= 11 is 0. The number of hydrogen-bond donors (Lipinski definition) is 2. The van der Waals surface area contributed by atoms with E-state index < -0.39 is 23.9 Å². The van der Waals surface area contributed by atoms with Crippen LogP contribution in [-0.2, 0) is 5.41 Å². The van der Waals surface area contributed by atoms with E-state index in [4.69, 9.17) is 5.73 Å². The predicted octanol–water partition coefficient (Wildman–Crippen LogP) is 1.78. The normalized spacial score (nSPS) is 27.1. The maximum Gasteiger partial charge on any atom is 0.387 e. The van der Waals surface area contributed by atoms with E-state index >= 15 is 0 Å². The minimum Gasteiger partial charge on any atom is -0.435 e. The number of ether oxygens (including phenoxy) is 1. The van der Waals surface area contributed by atoms with Gasteiger partial charge in [-0.05, 0) is 24.5 Å². The molecule has 3 N–H and O–H groups in total. The highest BCUT2D eigenvalue weighted by molar-refractivity contribution is 5.36. The van der Waals surface area contributed by atoms with Gasteiger partial charge in [0, 0.05) is 18.0 Å². The molecular weight excluding hydrogens is 247 g/mol. The lowest BCUT2D eigenvalue weighted by Crippen LogP contribution is -2.50. The molecule has 0 spiro atoms. The number of alkyl halides is 2. The first-order chi connectivity index (χ1) is 8.47. The molecule has 0 aromatic heterocycles. The first-order valence-corrected chi connectivity index (χ1v) is 5.60. The molecule has 0 saturated heterocycles. The van der Waals surface area contributed by atoms with Crippen LogP contribution in [0.1, 0.15) is 18.4 Å². The molecule has 1 aromatic rings. The van der Waals surface area contributed by atoms with Crippen molar-refractivity contribution < 1.29 is 23.0 Å². The molecular formula is C12H14F3NO2. The lowest BCUT2D eigenvalue weighted by Gasteiger charge is -2.45. The maximum absolute atomic E-state index is 13.9. The Balaban J connectivity index is 2.24. The summed E-state index contributed by atoms with van der Waals surface area (Å²) in [4.78, 5) is 0. The molecule has 100 valence electrons. The molecule has 1 saturated carbocycles. The van der Waals surface area contributed by atoms with Crippen molar-refractivity contribution in [1.82, 2.24) is 0 Å². The van der Waals surface area contributed by atoms with Crippen LogP contribution >= 0.6 is 0 Å². The minimum atomic E-state index is -2.98. The molecule has 0 aliphatic heterocycles. The number of nitrogens with two attached hydrogens (primary N) is 1. The van der Waals surface area contributed by atoms with Gasteiger partial charge in [0.05, 0.1) is 6.10 Å². The van der Waals surface area contributed by atoms with Crippen molar-refractivity contribution in [1.29, 1.82) is 0 Å². The fourth-order valence-electron chi connectivity index (χ4n) is 2.44. The van der Waals surface area contributed by atoms with Crippen LogP contribution in [0.5, 0.6) is 5.75 Å². The van der Waals surface area contributed by atoms with Crippen LogP contribution < -0.4 is 10.5 Å². The van der Waals surface area contributed by atoms with Crippen LogP contribution in [0.2, 0.25) is 0 Å². The van der Waals surface area contributed by atoms with Crippen LogP contribution in [0, 0.1) is 5.82 Å². The zero-order chi connectivity index (χ0) is 13.3. The van der Waals surface area contributed by atoms with Crippen molar-refractivity contribution in [2.45, 2.75) is 31.0 Å². The number of aliphatic hydroxyl groups excluding tert-OH is 1. The Morgan fingerprint density at radius 1 is 1.44 bits per heavy atom. The molecule has 1 aliphatic rings. The molecule has 0 heterocycles. The van der Waals surface area contributed by atoms with E-state index in [1.54, 1.807) is 0 Å². The van der Waals surface area contributed by atoms with Crippen molar-refractivity contribution in [3.63, 3.8) is 0 Å². The molecule has 0 radical (unpaired) electrons. The van der Waals surface area contributed by atoms with Crippen molar-refractivity contribution in [3.8, 4) is 5.75 Å². The Morgan fingerprint density at radius 3 is 2.56 bits per heavy atom. The number of benzene rings is 1. The van der Waals surface area contributed by atoms with Crippen molar-refractivity contribution >= 4 is 0 Å². The lowest BCUT2D eigenvalue weighted by molar-refractivity contribution is -0.0500. The van der Waals surface area contributed by atoms with Gasteiger partial charge in [-0.3, -0.25) is 0 Å². The van der Waals surface area contributed by atoms with Gasteiger partial charge in [0.15, 0.2) is 0 Å². The number of aliphatic hydroxyl groups is 1. The summed E-state index contributed by atoms with van der Waals surface area (Å²) in [6, 6.07) is 3.60. The lowest BCUT2D eigenvalue weighted by atomic mass is 9.62. The standard InChI is InChI=1S/C12H14F3NO2/c13-10-3-8(18-11(14)15)1-2-9(10)12(6-16)4-7(17)5-12/h1-3,7,11,17H,4-6,16H2. The van der Waals surface area contributed by atoms with E-state index in [2.05, 4.69) is 4.74 Å². The quantitative estimate of drug-likeness (QED) is 0.868. The van der Waals surface area contributed by atoms with Crippen molar-refractivity contribution in [3.05, 3.63) is 29.6 Å². The van der Waals surface area contributed by atoms with E-state index in [-0.39, 0.29) is 12.3 Å². The Hall–Kier alpha value is -1.27. The molecule has 1 fully saturated rings. The van der Waals surface area contributed by atoms with E-state index in [1.807, 2.05) is 0 Å². The van der Waals surface area contributed by atoms with E-state index in [0.29, 0.717) is 18.4 Å². The second-order valence-electron chi connectivity index (χ2n) is 4.57. The van der Waals surface area contributed by atoms with Gasteiger partial charge >= 0.3 is 6.61 Å². The SMILES string of the molecule is NCC1(c2ccc(OC(F)F)cc2F)CC(O)C1. The zero-order valence-electron chi connectivity index (χ0n) is 9.57. The molecule has 3 nitrogen and oxygen atoms in total. The molecule has 2 rings (SSSR count). The molecule has 0 bridgehead atoms. The first kappa shape index (κ1) is 13.2. The van der Waals surface area contributed by atoms with Gasteiger partial charge in [-0.1, -0.05) is 6.07 Å². The van der Waals surface area contributed by atoms with Gasteiger partial charge in [-0.25, -0.2) is 4.39 Å². The highest BCUT2D eigenvalue weighted by Crippen LogP contribution is 2.44. The van der Waals surface area contributed by atoms with Gasteiger partial charge in [-0.2, -0.15) is 8.78 Å². The summed E-state index contributed by atoms with van der Waals surface area (Å²) in [6.07, 6.45) is 0.287. The van der Waals surface area contributed by atoms with E-state index in [1.165, 1.54) is 12.1 Å². The summed E-state index contributed by atoms with van der Waals surface area (Å²) in [5.74, 6) is -0.858. The van der Waals surface area contributed by atoms with Crippen LogP contribution in [0.4, 0.5) is 13.2 Å². The minimum absolute atomic E-state index is 0.204. The molecule has 1 aliphatic carbocycles. The number of halogens is 3. The maximum atomic E-state index is 13.9. The summed E-state index contributed by atoms with van der Waals surface area (Å²) in [5, 5.41) is 9.34. The summed E-state index contributed by atoms with van der Waals surface area (Å²) in [6.45, 7) is -2.78. The average molecular weight is 261 g/mol. The third-order valence-corrected chi connectivity index (χ3v) is 3.38. The van der Waals surface area contributed by atoms with Crippen LogP contribution in [-0.4, -0.2) is 24.4 Å². The molecule has 1 aromatic carbocycles. The third-order valence-electron chi connectivity index (χ3n) is 3.38. The first-order valence-electron chi connectivity index (χ1n) is 5.60. The monoisotopic (exact) mass is 261 g/mol. The second kappa shape index (κ2) is 4.78. The molecule has 18 heavy (non-hydrogen) atoms. The molecule has 0 unspecified atom stereocenters. The number of rotatable bonds is 4. The largest absolute Gasteiger partial charge is 0.435 e. The summed E-state index contributed by atoms with van der Waals surface area (Å²) in [7, 11) is 0. The predicted molar refractivity (Wildman–Crippen MR) is 59.0 cm³/mol. The third kappa shape index (κ3) is 2.30. The number of hydrogen-bond acceptors (Lipinski definition) is 3. The van der Waals surface area contributed by atoms with Gasteiger partial charge < -0.3 is 15.6 Å². The molecule has 0 atom stereocenters. The topological polar surface area (TPSA) is 55.5 Å². The van der Waals surface area contributed by atoms with E-state index in [9.17, 15) is 18.3 Å². The Kier molecular flexibility index (Phi) is 3.49. The molecule has 0 amide bonds. The van der Waals surface area contributed by atoms with E-state index in [0.717, 1.165) is 6.07 Å². The fourth-order valence-corrected chi connectivity index (χ4v) is 2.44. The van der Waals surface area contributed by atoms with Gasteiger partial charge in [0.1, 0.15) is 11.6 Å². The second-order valence-corrected chi connectivity index (χ2v) is 4.57. The van der Waals surface area contributed by atoms with Crippen LogP contribution in [0.15, 0.2) is 18.2 Å². The van der Waals surface area contributed by atoms with Crippen LogP contribution in [0.25, 0.3) is 0 Å². The Morgan fingerprint density at radius 2 is 2.11 bits per heavy atom. The van der Waals surface area contributed by atoms with Gasteiger partial charge in [-0.15, -0.1) is 0 Å². The summed E-state index contributed by atoms with van der Waals surface area (Å²) < 4.78 is 42.0. The van der Waals surface area contributed by atoms with Crippen molar-refractivity contribution in [2.24, 2.45) is 5.73 Å².